The fourth-order valence-corrected chi connectivity index (χ4v) is 5.37. The molecule has 0 aliphatic carbocycles. The zero-order valence-corrected chi connectivity index (χ0v) is 20.7. The van der Waals surface area contributed by atoms with Crippen LogP contribution in [0.15, 0.2) is 35.5 Å². The summed E-state index contributed by atoms with van der Waals surface area (Å²) in [6.45, 7) is 3.39. The van der Waals surface area contributed by atoms with Crippen LogP contribution in [0.1, 0.15) is 41.6 Å². The molecule has 1 aromatic carbocycles. The van der Waals surface area contributed by atoms with E-state index in [1.54, 1.807) is 13.3 Å². The highest BCUT2D eigenvalue weighted by atomic mass is 32.2. The Morgan fingerprint density at radius 3 is 2.63 bits per heavy atom. The topological polar surface area (TPSA) is 97.7 Å². The van der Waals surface area contributed by atoms with Crippen LogP contribution in [0.2, 0.25) is 0 Å². The number of fused-ring (bicyclic) bond motifs is 2. The summed E-state index contributed by atoms with van der Waals surface area (Å²) >= 11 is 1.42. The quantitative estimate of drug-likeness (QED) is 0.317. The first-order chi connectivity index (χ1) is 17.1. The number of aliphatic hydroxyl groups excluding tert-OH is 1. The Morgan fingerprint density at radius 1 is 1.14 bits per heavy atom. The largest absolute Gasteiger partial charge is 0.497 e. The number of methoxy groups -OCH3 is 1. The van der Waals surface area contributed by atoms with E-state index in [1.165, 1.54) is 18.2 Å². The molecule has 2 aromatic heterocycles. The second kappa shape index (κ2) is 10.2. The number of thioether (sulfide) groups is 1. The van der Waals surface area contributed by atoms with Crippen molar-refractivity contribution in [3.05, 3.63) is 52.8 Å². The minimum absolute atomic E-state index is 0.126. The van der Waals surface area contributed by atoms with Gasteiger partial charge in [0, 0.05) is 42.4 Å². The number of carbonyl (C=O) groups is 1. The van der Waals surface area contributed by atoms with E-state index in [0.717, 1.165) is 64.7 Å². The van der Waals surface area contributed by atoms with Crippen LogP contribution >= 0.6 is 11.8 Å². The maximum atomic E-state index is 12.9. The lowest BCUT2D eigenvalue weighted by Crippen LogP contribution is -2.36. The molecule has 1 amide bonds. The fourth-order valence-electron chi connectivity index (χ4n) is 4.45. The monoisotopic (exact) mass is 492 g/mol. The van der Waals surface area contributed by atoms with Gasteiger partial charge in [0.25, 0.3) is 0 Å². The van der Waals surface area contributed by atoms with Gasteiger partial charge in [-0.1, -0.05) is 11.8 Å². The zero-order valence-electron chi connectivity index (χ0n) is 19.9. The number of piperidine rings is 1. The van der Waals surface area contributed by atoms with Gasteiger partial charge in [-0.25, -0.2) is 4.98 Å². The molecule has 5 rings (SSSR count). The molecule has 35 heavy (non-hydrogen) atoms. The number of ether oxygens (including phenoxy) is 2. The molecule has 0 atom stereocenters. The molecule has 4 heterocycles. The van der Waals surface area contributed by atoms with E-state index in [4.69, 9.17) is 19.4 Å². The SMILES string of the molecule is COc1ccc(-c2nc3c(c(SCC(=O)N4CCCCC4)n2)Cc2c(CO)cnc(C)c2O3)cc1. The summed E-state index contributed by atoms with van der Waals surface area (Å²) in [4.78, 5) is 28.8. The van der Waals surface area contributed by atoms with Crippen molar-refractivity contribution in [2.45, 2.75) is 44.2 Å². The van der Waals surface area contributed by atoms with Gasteiger partial charge in [-0.3, -0.25) is 9.78 Å². The highest BCUT2D eigenvalue weighted by Crippen LogP contribution is 2.42. The van der Waals surface area contributed by atoms with E-state index in [9.17, 15) is 9.90 Å². The van der Waals surface area contributed by atoms with Crippen LogP contribution in [-0.4, -0.2) is 56.8 Å². The van der Waals surface area contributed by atoms with Crippen LogP contribution < -0.4 is 9.47 Å². The average molecular weight is 493 g/mol. The van der Waals surface area contributed by atoms with E-state index >= 15 is 0 Å². The third-order valence-electron chi connectivity index (χ3n) is 6.45. The molecule has 1 N–H and O–H groups in total. The van der Waals surface area contributed by atoms with E-state index in [1.807, 2.05) is 36.1 Å². The number of nitrogens with zero attached hydrogens (tertiary/aromatic N) is 4. The van der Waals surface area contributed by atoms with Gasteiger partial charge in [-0.05, 0) is 50.5 Å². The lowest BCUT2D eigenvalue weighted by molar-refractivity contribution is -0.129. The van der Waals surface area contributed by atoms with Gasteiger partial charge in [0.05, 0.1) is 30.7 Å². The molecule has 2 aliphatic rings. The highest BCUT2D eigenvalue weighted by molar-refractivity contribution is 7.99. The number of aliphatic hydroxyl groups is 1. The lowest BCUT2D eigenvalue weighted by atomic mass is 9.99. The van der Waals surface area contributed by atoms with Crippen molar-refractivity contribution >= 4 is 17.7 Å². The predicted octanol–water partition coefficient (Wildman–Crippen LogP) is 4.15. The molecule has 8 nitrogen and oxygen atoms in total. The second-order valence-electron chi connectivity index (χ2n) is 8.71. The number of rotatable bonds is 6. The summed E-state index contributed by atoms with van der Waals surface area (Å²) < 4.78 is 11.5. The summed E-state index contributed by atoms with van der Waals surface area (Å²) in [5, 5.41) is 10.6. The summed E-state index contributed by atoms with van der Waals surface area (Å²) in [6.07, 6.45) is 5.49. The minimum Gasteiger partial charge on any atom is -0.497 e. The first-order valence-electron chi connectivity index (χ1n) is 11.8. The Bertz CT molecular complexity index is 1240. The number of carbonyl (C=O) groups excluding carboxylic acids is 1. The Hall–Kier alpha value is -3.17. The summed E-state index contributed by atoms with van der Waals surface area (Å²) in [5.41, 5.74) is 3.99. The number of hydrogen-bond acceptors (Lipinski definition) is 8. The van der Waals surface area contributed by atoms with Crippen LogP contribution in [0.3, 0.4) is 0 Å². The van der Waals surface area contributed by atoms with E-state index in [2.05, 4.69) is 4.98 Å². The summed E-state index contributed by atoms with van der Waals surface area (Å²) in [7, 11) is 1.63. The van der Waals surface area contributed by atoms with Gasteiger partial charge in [0.15, 0.2) is 11.6 Å². The van der Waals surface area contributed by atoms with Crippen molar-refractivity contribution in [3.63, 3.8) is 0 Å². The first kappa shape index (κ1) is 23.6. The van der Waals surface area contributed by atoms with Crippen LogP contribution in [0, 0.1) is 6.92 Å². The van der Waals surface area contributed by atoms with Gasteiger partial charge in [-0.2, -0.15) is 4.98 Å². The number of likely N-dealkylation sites (tertiary alicyclic amines) is 1. The zero-order chi connectivity index (χ0) is 24.4. The molecule has 1 saturated heterocycles. The molecule has 1 fully saturated rings. The van der Waals surface area contributed by atoms with Gasteiger partial charge in [-0.15, -0.1) is 0 Å². The minimum atomic E-state index is -0.130. The van der Waals surface area contributed by atoms with Crippen molar-refractivity contribution in [2.75, 3.05) is 26.0 Å². The number of hydrogen-bond donors (Lipinski definition) is 1. The second-order valence-corrected chi connectivity index (χ2v) is 9.67. The third-order valence-corrected chi connectivity index (χ3v) is 7.45. The molecular weight excluding hydrogens is 464 g/mol. The van der Waals surface area contributed by atoms with E-state index < -0.39 is 0 Å². The van der Waals surface area contributed by atoms with Crippen molar-refractivity contribution in [2.24, 2.45) is 0 Å². The standard InChI is InChI=1S/C26H28N4O4S/c1-16-23-20(18(14-31)13-27-16)12-21-25(34-23)28-24(17-6-8-19(33-2)9-7-17)29-26(21)35-15-22(32)30-10-4-3-5-11-30/h6-9,13,31H,3-5,10-12,14-15H2,1-2H3. The molecule has 182 valence electrons. The molecular formula is C26H28N4O4S. The number of aromatic nitrogens is 3. The van der Waals surface area contributed by atoms with E-state index in [0.29, 0.717) is 29.6 Å². The van der Waals surface area contributed by atoms with Gasteiger partial charge >= 0.3 is 0 Å². The average Bonchev–Trinajstić information content (AvgIpc) is 2.91. The molecule has 2 aliphatic heterocycles. The van der Waals surface area contributed by atoms with Crippen LogP contribution in [0.5, 0.6) is 17.4 Å². The molecule has 0 radical (unpaired) electrons. The summed E-state index contributed by atoms with van der Waals surface area (Å²) in [5.74, 6) is 2.79. The van der Waals surface area contributed by atoms with Gasteiger partial charge in [0.2, 0.25) is 11.8 Å². The molecule has 0 saturated carbocycles. The number of aryl methyl sites for hydroxylation is 1. The molecule has 0 unspecified atom stereocenters. The fraction of sp³-hybridized carbons (Fsp3) is 0.385. The Kier molecular flexibility index (Phi) is 6.88. The van der Waals surface area contributed by atoms with Gasteiger partial charge in [0.1, 0.15) is 10.8 Å². The maximum Gasteiger partial charge on any atom is 0.232 e. The highest BCUT2D eigenvalue weighted by Gasteiger charge is 2.28. The van der Waals surface area contributed by atoms with Crippen LogP contribution in [0.25, 0.3) is 11.4 Å². The van der Waals surface area contributed by atoms with Crippen molar-refractivity contribution in [1.82, 2.24) is 19.9 Å². The molecule has 3 aromatic rings. The van der Waals surface area contributed by atoms with Crippen molar-refractivity contribution < 1.29 is 19.4 Å². The number of amides is 1. The Labute approximate surface area is 208 Å². The predicted molar refractivity (Wildman–Crippen MR) is 133 cm³/mol. The smallest absolute Gasteiger partial charge is 0.232 e. The Balaban J connectivity index is 1.51. The van der Waals surface area contributed by atoms with Crippen molar-refractivity contribution in [1.29, 1.82) is 0 Å². The third kappa shape index (κ3) is 4.83. The van der Waals surface area contributed by atoms with Crippen molar-refractivity contribution in [3.8, 4) is 28.8 Å². The molecule has 0 spiro atoms. The molecule has 9 heteroatoms. The molecule has 0 bridgehead atoms. The van der Waals surface area contributed by atoms with Crippen LogP contribution in [-0.2, 0) is 17.8 Å². The number of benzene rings is 1. The lowest BCUT2D eigenvalue weighted by Gasteiger charge is -2.27. The normalized spacial score (nSPS) is 14.7. The van der Waals surface area contributed by atoms with E-state index in [-0.39, 0.29) is 12.5 Å². The number of pyridine rings is 1. The first-order valence-corrected chi connectivity index (χ1v) is 12.8. The Morgan fingerprint density at radius 2 is 1.91 bits per heavy atom. The maximum absolute atomic E-state index is 12.9. The summed E-state index contributed by atoms with van der Waals surface area (Å²) in [6, 6.07) is 7.54. The van der Waals surface area contributed by atoms with Gasteiger partial charge < -0.3 is 19.5 Å². The van der Waals surface area contributed by atoms with Crippen LogP contribution in [0.4, 0.5) is 0 Å².